The summed E-state index contributed by atoms with van der Waals surface area (Å²) in [4.78, 5) is 12.4. The van der Waals surface area contributed by atoms with Crippen molar-refractivity contribution in [2.45, 2.75) is 33.3 Å². The van der Waals surface area contributed by atoms with Crippen molar-refractivity contribution in [2.75, 3.05) is 5.32 Å². The molecule has 0 spiro atoms. The van der Waals surface area contributed by atoms with Gasteiger partial charge in [-0.05, 0) is 49.6 Å². The summed E-state index contributed by atoms with van der Waals surface area (Å²) in [7, 11) is 0. The standard InChI is InChI=1S/C18H20ClNO2/c1-4-16(22-17-8-6-5-7-13(17)3)18(21)20-14-10-9-12(2)15(19)11-14/h5-11,16H,4H2,1-3H3,(H,20,21). The van der Waals surface area contributed by atoms with Crippen molar-refractivity contribution in [3.63, 3.8) is 0 Å². The zero-order valence-electron chi connectivity index (χ0n) is 13.0. The van der Waals surface area contributed by atoms with Crippen molar-refractivity contribution in [3.05, 3.63) is 58.6 Å². The molecule has 0 heterocycles. The largest absolute Gasteiger partial charge is 0.480 e. The Morgan fingerprint density at radius 1 is 1.18 bits per heavy atom. The first-order valence-corrected chi connectivity index (χ1v) is 7.68. The molecular weight excluding hydrogens is 298 g/mol. The third-order valence-corrected chi connectivity index (χ3v) is 3.87. The number of benzene rings is 2. The maximum atomic E-state index is 12.4. The summed E-state index contributed by atoms with van der Waals surface area (Å²) in [5.41, 5.74) is 2.66. The van der Waals surface area contributed by atoms with Crippen LogP contribution in [-0.4, -0.2) is 12.0 Å². The van der Waals surface area contributed by atoms with Gasteiger partial charge in [-0.15, -0.1) is 0 Å². The fourth-order valence-corrected chi connectivity index (χ4v) is 2.24. The summed E-state index contributed by atoms with van der Waals surface area (Å²) < 4.78 is 5.84. The van der Waals surface area contributed by atoms with Gasteiger partial charge in [0.25, 0.3) is 5.91 Å². The topological polar surface area (TPSA) is 38.3 Å². The van der Waals surface area contributed by atoms with Crippen LogP contribution in [0, 0.1) is 13.8 Å². The van der Waals surface area contributed by atoms with Gasteiger partial charge in [-0.3, -0.25) is 4.79 Å². The zero-order valence-corrected chi connectivity index (χ0v) is 13.8. The molecule has 22 heavy (non-hydrogen) atoms. The van der Waals surface area contributed by atoms with Gasteiger partial charge in [-0.1, -0.05) is 42.8 Å². The monoisotopic (exact) mass is 317 g/mol. The maximum Gasteiger partial charge on any atom is 0.265 e. The van der Waals surface area contributed by atoms with Gasteiger partial charge in [-0.2, -0.15) is 0 Å². The highest BCUT2D eigenvalue weighted by molar-refractivity contribution is 6.31. The normalized spacial score (nSPS) is 11.8. The third kappa shape index (κ3) is 4.01. The highest BCUT2D eigenvalue weighted by atomic mass is 35.5. The van der Waals surface area contributed by atoms with Crippen molar-refractivity contribution < 1.29 is 9.53 Å². The van der Waals surface area contributed by atoms with E-state index in [0.29, 0.717) is 17.1 Å². The van der Waals surface area contributed by atoms with Crippen LogP contribution in [0.4, 0.5) is 5.69 Å². The molecule has 1 unspecified atom stereocenters. The number of nitrogens with one attached hydrogen (secondary N) is 1. The number of anilines is 1. The minimum absolute atomic E-state index is 0.175. The molecular formula is C18H20ClNO2. The van der Waals surface area contributed by atoms with Crippen LogP contribution in [0.15, 0.2) is 42.5 Å². The molecule has 2 aromatic rings. The van der Waals surface area contributed by atoms with E-state index in [9.17, 15) is 4.79 Å². The molecule has 116 valence electrons. The van der Waals surface area contributed by atoms with E-state index >= 15 is 0 Å². The molecule has 0 aliphatic carbocycles. The van der Waals surface area contributed by atoms with Gasteiger partial charge in [0.2, 0.25) is 0 Å². The SMILES string of the molecule is CCC(Oc1ccccc1C)C(=O)Nc1ccc(C)c(Cl)c1. The number of ether oxygens (including phenoxy) is 1. The summed E-state index contributed by atoms with van der Waals surface area (Å²) in [5, 5.41) is 3.48. The number of rotatable bonds is 5. The lowest BCUT2D eigenvalue weighted by atomic mass is 10.2. The Balaban J connectivity index is 2.08. The van der Waals surface area contributed by atoms with Gasteiger partial charge in [0.15, 0.2) is 6.10 Å². The summed E-state index contributed by atoms with van der Waals surface area (Å²) in [5.74, 6) is 0.553. The highest BCUT2D eigenvalue weighted by Gasteiger charge is 2.19. The number of carbonyl (C=O) groups excluding carboxylic acids is 1. The molecule has 1 atom stereocenters. The van der Waals surface area contributed by atoms with Gasteiger partial charge in [-0.25, -0.2) is 0 Å². The lowest BCUT2D eigenvalue weighted by Crippen LogP contribution is -2.32. The van der Waals surface area contributed by atoms with E-state index in [2.05, 4.69) is 5.32 Å². The summed E-state index contributed by atoms with van der Waals surface area (Å²) in [6, 6.07) is 13.1. The van der Waals surface area contributed by atoms with Gasteiger partial charge >= 0.3 is 0 Å². The number of hydrogen-bond donors (Lipinski definition) is 1. The molecule has 0 saturated carbocycles. The van der Waals surface area contributed by atoms with Crippen LogP contribution in [-0.2, 0) is 4.79 Å². The third-order valence-electron chi connectivity index (χ3n) is 3.47. The van der Waals surface area contributed by atoms with E-state index < -0.39 is 6.10 Å². The Kier molecular flexibility index (Phi) is 5.45. The van der Waals surface area contributed by atoms with Crippen molar-refractivity contribution in [1.29, 1.82) is 0 Å². The average molecular weight is 318 g/mol. The second kappa shape index (κ2) is 7.32. The lowest BCUT2D eigenvalue weighted by molar-refractivity contribution is -0.122. The van der Waals surface area contributed by atoms with E-state index in [0.717, 1.165) is 16.9 Å². The molecule has 2 rings (SSSR count). The molecule has 0 aliphatic heterocycles. The van der Waals surface area contributed by atoms with Crippen LogP contribution >= 0.6 is 11.6 Å². The van der Waals surface area contributed by atoms with E-state index in [-0.39, 0.29) is 5.91 Å². The van der Waals surface area contributed by atoms with Gasteiger partial charge in [0.05, 0.1) is 0 Å². The van der Waals surface area contributed by atoms with Gasteiger partial charge in [0, 0.05) is 10.7 Å². The Labute approximate surface area is 136 Å². The molecule has 0 aliphatic rings. The number of carbonyl (C=O) groups is 1. The summed E-state index contributed by atoms with van der Waals surface area (Å²) in [6.45, 7) is 5.80. The molecule has 0 radical (unpaired) electrons. The minimum Gasteiger partial charge on any atom is -0.480 e. The van der Waals surface area contributed by atoms with Crippen LogP contribution in [0.5, 0.6) is 5.75 Å². The molecule has 1 N–H and O–H groups in total. The second-order valence-corrected chi connectivity index (χ2v) is 5.64. The first-order chi connectivity index (χ1) is 10.5. The predicted molar refractivity (Wildman–Crippen MR) is 90.7 cm³/mol. The van der Waals surface area contributed by atoms with Crippen LogP contribution in [0.3, 0.4) is 0 Å². The number of halogens is 1. The number of hydrogen-bond acceptors (Lipinski definition) is 2. The Morgan fingerprint density at radius 3 is 2.55 bits per heavy atom. The van der Waals surface area contributed by atoms with Crippen LogP contribution in [0.1, 0.15) is 24.5 Å². The highest BCUT2D eigenvalue weighted by Crippen LogP contribution is 2.22. The van der Waals surface area contributed by atoms with Crippen molar-refractivity contribution in [1.82, 2.24) is 0 Å². The molecule has 1 amide bonds. The van der Waals surface area contributed by atoms with E-state index in [1.807, 2.05) is 57.2 Å². The molecule has 0 bridgehead atoms. The number of para-hydroxylation sites is 1. The predicted octanol–water partition coefficient (Wildman–Crippen LogP) is 4.75. The van der Waals surface area contributed by atoms with Crippen LogP contribution < -0.4 is 10.1 Å². The Hall–Kier alpha value is -2.00. The van der Waals surface area contributed by atoms with Gasteiger partial charge in [0.1, 0.15) is 5.75 Å². The smallest absolute Gasteiger partial charge is 0.265 e. The molecule has 0 fully saturated rings. The molecule has 2 aromatic carbocycles. The Morgan fingerprint density at radius 2 is 1.91 bits per heavy atom. The second-order valence-electron chi connectivity index (χ2n) is 5.23. The van der Waals surface area contributed by atoms with Crippen molar-refractivity contribution in [3.8, 4) is 5.75 Å². The Bertz CT molecular complexity index is 670. The van der Waals surface area contributed by atoms with Crippen LogP contribution in [0.25, 0.3) is 0 Å². The zero-order chi connectivity index (χ0) is 16.1. The molecule has 3 nitrogen and oxygen atoms in total. The number of amides is 1. The van der Waals surface area contributed by atoms with E-state index in [1.54, 1.807) is 6.07 Å². The summed E-state index contributed by atoms with van der Waals surface area (Å²) in [6.07, 6.45) is 0.0425. The minimum atomic E-state index is -0.541. The molecule has 0 aromatic heterocycles. The first-order valence-electron chi connectivity index (χ1n) is 7.30. The van der Waals surface area contributed by atoms with Gasteiger partial charge < -0.3 is 10.1 Å². The fraction of sp³-hybridized carbons (Fsp3) is 0.278. The lowest BCUT2D eigenvalue weighted by Gasteiger charge is -2.18. The van der Waals surface area contributed by atoms with Crippen molar-refractivity contribution in [2.24, 2.45) is 0 Å². The average Bonchev–Trinajstić information content (AvgIpc) is 2.50. The van der Waals surface area contributed by atoms with E-state index in [4.69, 9.17) is 16.3 Å². The van der Waals surface area contributed by atoms with Crippen molar-refractivity contribution >= 4 is 23.2 Å². The first kappa shape index (κ1) is 16.4. The fourth-order valence-electron chi connectivity index (χ4n) is 2.06. The quantitative estimate of drug-likeness (QED) is 0.864. The number of aryl methyl sites for hydroxylation is 2. The van der Waals surface area contributed by atoms with E-state index in [1.165, 1.54) is 0 Å². The van der Waals surface area contributed by atoms with Crippen LogP contribution in [0.2, 0.25) is 5.02 Å². The molecule has 0 saturated heterocycles. The summed E-state index contributed by atoms with van der Waals surface area (Å²) >= 11 is 6.08. The maximum absolute atomic E-state index is 12.4. The molecule has 4 heteroatoms.